The summed E-state index contributed by atoms with van der Waals surface area (Å²) in [7, 11) is 2.68. The molecule has 0 radical (unpaired) electrons. The van der Waals surface area contributed by atoms with Crippen LogP contribution in [0.3, 0.4) is 0 Å². The van der Waals surface area contributed by atoms with Crippen LogP contribution in [0.5, 0.6) is 0 Å². The third kappa shape index (κ3) is 2.85. The summed E-state index contributed by atoms with van der Waals surface area (Å²) in [5.41, 5.74) is 2.60. The fourth-order valence-electron chi connectivity index (χ4n) is 1.89. The normalized spacial score (nSPS) is 9.90. The van der Waals surface area contributed by atoms with E-state index in [4.69, 9.17) is 9.47 Å². The van der Waals surface area contributed by atoms with Gasteiger partial charge in [0.15, 0.2) is 0 Å². The maximum absolute atomic E-state index is 11.5. The van der Waals surface area contributed by atoms with Crippen molar-refractivity contribution in [2.24, 2.45) is 0 Å². The first-order valence-electron chi connectivity index (χ1n) is 6.03. The molecule has 0 saturated carbocycles. The van der Waals surface area contributed by atoms with E-state index in [-0.39, 0.29) is 0 Å². The zero-order chi connectivity index (χ0) is 14.5. The number of carbonyl (C=O) groups is 2. The second kappa shape index (κ2) is 6.02. The first kappa shape index (κ1) is 13.8. The van der Waals surface area contributed by atoms with E-state index in [0.29, 0.717) is 11.1 Å². The first-order chi connectivity index (χ1) is 9.65. The predicted molar refractivity (Wildman–Crippen MR) is 74.6 cm³/mol. The minimum absolute atomic E-state index is 0.393. The lowest BCUT2D eigenvalue weighted by Crippen LogP contribution is -2.02. The van der Waals surface area contributed by atoms with E-state index >= 15 is 0 Å². The number of carbonyl (C=O) groups excluding carboxylic acids is 2. The Morgan fingerprint density at radius 3 is 1.50 bits per heavy atom. The van der Waals surface area contributed by atoms with Crippen LogP contribution in [0.25, 0.3) is 11.1 Å². The van der Waals surface area contributed by atoms with Gasteiger partial charge in [0.05, 0.1) is 25.3 Å². The Balaban J connectivity index is 2.41. The highest BCUT2D eigenvalue weighted by Gasteiger charge is 2.09. The maximum Gasteiger partial charge on any atom is 0.337 e. The lowest BCUT2D eigenvalue weighted by atomic mass is 10.0. The van der Waals surface area contributed by atoms with E-state index < -0.39 is 11.9 Å². The van der Waals surface area contributed by atoms with Crippen LogP contribution in [0.2, 0.25) is 0 Å². The molecule has 2 rings (SSSR count). The van der Waals surface area contributed by atoms with Gasteiger partial charge >= 0.3 is 11.9 Å². The molecule has 0 amide bonds. The summed E-state index contributed by atoms with van der Waals surface area (Å²) in [5.74, 6) is -0.785. The van der Waals surface area contributed by atoms with Crippen LogP contribution in [-0.4, -0.2) is 26.2 Å². The zero-order valence-corrected chi connectivity index (χ0v) is 11.3. The van der Waals surface area contributed by atoms with Crippen LogP contribution in [0.15, 0.2) is 48.5 Å². The average molecular weight is 270 g/mol. The molecule has 0 bridgehead atoms. The number of benzene rings is 2. The molecule has 0 fully saturated rings. The SMILES string of the molecule is COC(=O)c1cccc(-c2cccc(C(=O)OC)c2)c1. The third-order valence-corrected chi connectivity index (χ3v) is 2.90. The fourth-order valence-corrected chi connectivity index (χ4v) is 1.89. The van der Waals surface area contributed by atoms with E-state index in [9.17, 15) is 9.59 Å². The quantitative estimate of drug-likeness (QED) is 0.805. The topological polar surface area (TPSA) is 52.6 Å². The molecule has 4 nitrogen and oxygen atoms in total. The van der Waals surface area contributed by atoms with Crippen molar-refractivity contribution in [3.05, 3.63) is 59.7 Å². The minimum atomic E-state index is -0.393. The van der Waals surface area contributed by atoms with Gasteiger partial charge in [-0.1, -0.05) is 24.3 Å². The van der Waals surface area contributed by atoms with Crippen LogP contribution in [0.4, 0.5) is 0 Å². The molecular formula is C16H14O4. The van der Waals surface area contributed by atoms with Crippen molar-refractivity contribution in [2.75, 3.05) is 14.2 Å². The van der Waals surface area contributed by atoms with Gasteiger partial charge in [0.2, 0.25) is 0 Å². The fraction of sp³-hybridized carbons (Fsp3) is 0.125. The second-order valence-corrected chi connectivity index (χ2v) is 4.14. The Hall–Kier alpha value is -2.62. The molecule has 0 spiro atoms. The molecular weight excluding hydrogens is 256 g/mol. The van der Waals surface area contributed by atoms with E-state index in [0.717, 1.165) is 11.1 Å². The van der Waals surface area contributed by atoms with Gasteiger partial charge in [0.25, 0.3) is 0 Å². The summed E-state index contributed by atoms with van der Waals surface area (Å²) in [6, 6.07) is 14.1. The van der Waals surface area contributed by atoms with Gasteiger partial charge in [-0.05, 0) is 35.4 Å². The van der Waals surface area contributed by atoms with Gasteiger partial charge in [-0.3, -0.25) is 0 Å². The number of rotatable bonds is 3. The second-order valence-electron chi connectivity index (χ2n) is 4.14. The van der Waals surface area contributed by atoms with E-state index in [1.165, 1.54) is 14.2 Å². The molecule has 20 heavy (non-hydrogen) atoms. The molecule has 0 N–H and O–H groups in total. The van der Waals surface area contributed by atoms with Crippen LogP contribution in [-0.2, 0) is 9.47 Å². The molecule has 0 aliphatic rings. The van der Waals surface area contributed by atoms with Crippen molar-refractivity contribution in [3.8, 4) is 11.1 Å². The molecule has 0 heterocycles. The molecule has 0 aliphatic carbocycles. The highest BCUT2D eigenvalue weighted by Crippen LogP contribution is 2.22. The first-order valence-corrected chi connectivity index (χ1v) is 6.03. The lowest BCUT2D eigenvalue weighted by molar-refractivity contribution is 0.0591. The Bertz CT molecular complexity index is 589. The summed E-state index contributed by atoms with van der Waals surface area (Å²) in [5, 5.41) is 0. The van der Waals surface area contributed by atoms with Gasteiger partial charge in [0, 0.05) is 0 Å². The van der Waals surface area contributed by atoms with Gasteiger partial charge in [-0.15, -0.1) is 0 Å². The van der Waals surface area contributed by atoms with Gasteiger partial charge in [-0.2, -0.15) is 0 Å². The Morgan fingerprint density at radius 2 is 1.15 bits per heavy atom. The number of ether oxygens (including phenoxy) is 2. The van der Waals surface area contributed by atoms with Crippen molar-refractivity contribution in [1.82, 2.24) is 0 Å². The minimum Gasteiger partial charge on any atom is -0.465 e. The number of hydrogen-bond donors (Lipinski definition) is 0. The molecule has 0 atom stereocenters. The van der Waals surface area contributed by atoms with Crippen LogP contribution >= 0.6 is 0 Å². The Labute approximate surface area is 116 Å². The highest BCUT2D eigenvalue weighted by atomic mass is 16.5. The lowest BCUT2D eigenvalue weighted by Gasteiger charge is -2.06. The zero-order valence-electron chi connectivity index (χ0n) is 11.3. The van der Waals surface area contributed by atoms with Gasteiger partial charge in [0.1, 0.15) is 0 Å². The highest BCUT2D eigenvalue weighted by molar-refractivity contribution is 5.92. The van der Waals surface area contributed by atoms with Gasteiger partial charge in [-0.25, -0.2) is 9.59 Å². The third-order valence-electron chi connectivity index (χ3n) is 2.90. The van der Waals surface area contributed by atoms with Crippen LogP contribution < -0.4 is 0 Å². The molecule has 4 heteroatoms. The maximum atomic E-state index is 11.5. The average Bonchev–Trinajstić information content (AvgIpc) is 2.53. The molecule has 2 aromatic carbocycles. The van der Waals surface area contributed by atoms with Gasteiger partial charge < -0.3 is 9.47 Å². The van der Waals surface area contributed by atoms with Crippen molar-refractivity contribution in [1.29, 1.82) is 0 Å². The largest absolute Gasteiger partial charge is 0.465 e. The summed E-state index contributed by atoms with van der Waals surface area (Å²) >= 11 is 0. The van der Waals surface area contributed by atoms with Crippen LogP contribution in [0.1, 0.15) is 20.7 Å². The summed E-state index contributed by atoms with van der Waals surface area (Å²) < 4.78 is 9.39. The Kier molecular flexibility index (Phi) is 4.15. The molecule has 0 unspecified atom stereocenters. The van der Waals surface area contributed by atoms with Crippen molar-refractivity contribution < 1.29 is 19.1 Å². The number of esters is 2. The smallest absolute Gasteiger partial charge is 0.337 e. The molecule has 102 valence electrons. The molecule has 0 saturated heterocycles. The monoisotopic (exact) mass is 270 g/mol. The summed E-state index contributed by atoms with van der Waals surface area (Å²) in [4.78, 5) is 23.0. The van der Waals surface area contributed by atoms with E-state index in [1.54, 1.807) is 36.4 Å². The van der Waals surface area contributed by atoms with Crippen molar-refractivity contribution in [3.63, 3.8) is 0 Å². The number of methoxy groups -OCH3 is 2. The molecule has 0 aromatic heterocycles. The summed E-state index contributed by atoms with van der Waals surface area (Å²) in [6.07, 6.45) is 0. The van der Waals surface area contributed by atoms with Crippen molar-refractivity contribution >= 4 is 11.9 Å². The Morgan fingerprint density at radius 1 is 0.750 bits per heavy atom. The molecule has 2 aromatic rings. The summed E-state index contributed by atoms with van der Waals surface area (Å²) in [6.45, 7) is 0. The standard InChI is InChI=1S/C16H14O4/c1-19-15(17)13-7-3-5-11(9-13)12-6-4-8-14(10-12)16(18)20-2/h3-10H,1-2H3. The predicted octanol–water partition coefficient (Wildman–Crippen LogP) is 2.93. The number of hydrogen-bond acceptors (Lipinski definition) is 4. The van der Waals surface area contributed by atoms with E-state index in [2.05, 4.69) is 0 Å². The van der Waals surface area contributed by atoms with Crippen LogP contribution in [0, 0.1) is 0 Å². The van der Waals surface area contributed by atoms with E-state index in [1.807, 2.05) is 12.1 Å². The van der Waals surface area contributed by atoms with Crippen molar-refractivity contribution in [2.45, 2.75) is 0 Å². The molecule has 0 aliphatic heterocycles.